The van der Waals surface area contributed by atoms with E-state index in [4.69, 9.17) is 10.5 Å². The first-order valence-electron chi connectivity index (χ1n) is 5.95. The molecule has 0 unspecified atom stereocenters. The van der Waals surface area contributed by atoms with Crippen LogP contribution in [0.25, 0.3) is 21.8 Å². The number of aromatic nitrogens is 1. The van der Waals surface area contributed by atoms with E-state index in [2.05, 4.69) is 4.98 Å². The standard InChI is InChI=1S/C16H5N5/c17-5-9-1-11(7-19)15-13(3-9)14-4-10(6-18)2-12(8-20)16(14)21-15/h1-4,21H. The molecule has 0 atom stereocenters. The Morgan fingerprint density at radius 3 is 1.38 bits per heavy atom. The van der Waals surface area contributed by atoms with E-state index < -0.39 is 0 Å². The fraction of sp³-hybridized carbons (Fsp3) is 0. The Morgan fingerprint density at radius 1 is 0.619 bits per heavy atom. The van der Waals surface area contributed by atoms with Gasteiger partial charge in [-0.1, -0.05) is 0 Å². The van der Waals surface area contributed by atoms with Gasteiger partial charge in [-0.05, 0) is 24.3 Å². The lowest BCUT2D eigenvalue weighted by molar-refractivity contribution is 1.43. The summed E-state index contributed by atoms with van der Waals surface area (Å²) in [6, 6.07) is 14.4. The van der Waals surface area contributed by atoms with Gasteiger partial charge in [-0.2, -0.15) is 21.0 Å². The van der Waals surface area contributed by atoms with Crippen molar-refractivity contribution in [2.75, 3.05) is 0 Å². The van der Waals surface area contributed by atoms with Crippen LogP contribution in [0.1, 0.15) is 22.3 Å². The van der Waals surface area contributed by atoms with Gasteiger partial charge in [-0.25, -0.2) is 0 Å². The van der Waals surface area contributed by atoms with Crippen molar-refractivity contribution in [3.05, 3.63) is 46.5 Å². The van der Waals surface area contributed by atoms with Gasteiger partial charge in [0.15, 0.2) is 0 Å². The molecule has 0 bridgehead atoms. The molecule has 1 aromatic heterocycles. The lowest BCUT2D eigenvalue weighted by atomic mass is 10.0. The maximum atomic E-state index is 9.21. The first-order chi connectivity index (χ1) is 10.2. The molecule has 5 nitrogen and oxygen atoms in total. The largest absolute Gasteiger partial charge is 0.352 e. The second-order valence-corrected chi connectivity index (χ2v) is 4.46. The molecule has 0 spiro atoms. The van der Waals surface area contributed by atoms with Crippen molar-refractivity contribution in [3.8, 4) is 24.3 Å². The van der Waals surface area contributed by atoms with E-state index in [1.54, 1.807) is 12.1 Å². The summed E-state index contributed by atoms with van der Waals surface area (Å²) in [5, 5.41) is 37.9. The topological polar surface area (TPSA) is 111 Å². The summed E-state index contributed by atoms with van der Waals surface area (Å²) in [7, 11) is 0. The van der Waals surface area contributed by atoms with Crippen molar-refractivity contribution in [1.82, 2.24) is 4.98 Å². The molecule has 3 aromatic rings. The van der Waals surface area contributed by atoms with Crippen LogP contribution in [0.3, 0.4) is 0 Å². The zero-order valence-corrected chi connectivity index (χ0v) is 10.6. The molecule has 0 amide bonds. The molecule has 0 aliphatic rings. The van der Waals surface area contributed by atoms with Crippen molar-refractivity contribution in [1.29, 1.82) is 21.0 Å². The van der Waals surface area contributed by atoms with Gasteiger partial charge in [0.05, 0.1) is 45.4 Å². The van der Waals surface area contributed by atoms with Crippen LogP contribution >= 0.6 is 0 Å². The number of nitrogens with zero attached hydrogens (tertiary/aromatic N) is 4. The first kappa shape index (κ1) is 12.2. The highest BCUT2D eigenvalue weighted by molar-refractivity contribution is 6.11. The van der Waals surface area contributed by atoms with Crippen LogP contribution in [-0.2, 0) is 0 Å². The summed E-state index contributed by atoms with van der Waals surface area (Å²) in [5.41, 5.74) is 2.53. The van der Waals surface area contributed by atoms with Gasteiger partial charge in [-0.15, -0.1) is 0 Å². The normalized spacial score (nSPS) is 9.71. The average molecular weight is 267 g/mol. The van der Waals surface area contributed by atoms with Gasteiger partial charge in [0, 0.05) is 10.8 Å². The van der Waals surface area contributed by atoms with Crippen LogP contribution in [0.2, 0.25) is 0 Å². The lowest BCUT2D eigenvalue weighted by Crippen LogP contribution is -1.81. The molecule has 5 heteroatoms. The van der Waals surface area contributed by atoms with Crippen molar-refractivity contribution in [2.24, 2.45) is 0 Å². The minimum atomic E-state index is 0.336. The van der Waals surface area contributed by atoms with E-state index in [-0.39, 0.29) is 0 Å². The smallest absolute Gasteiger partial charge is 0.101 e. The summed E-state index contributed by atoms with van der Waals surface area (Å²) in [6.07, 6.45) is 0. The Hall–Kier alpha value is -3.80. The van der Waals surface area contributed by atoms with Gasteiger partial charge >= 0.3 is 0 Å². The second-order valence-electron chi connectivity index (χ2n) is 4.46. The minimum absolute atomic E-state index is 0.336. The monoisotopic (exact) mass is 267 g/mol. The van der Waals surface area contributed by atoms with Crippen molar-refractivity contribution in [3.63, 3.8) is 0 Å². The van der Waals surface area contributed by atoms with Gasteiger partial charge in [0.1, 0.15) is 12.1 Å². The summed E-state index contributed by atoms with van der Waals surface area (Å²) in [6.45, 7) is 0. The minimum Gasteiger partial charge on any atom is -0.352 e. The SMILES string of the molecule is N#Cc1cc(C#N)c2[nH]c3c(C#N)cc(C#N)cc3c2c1. The number of hydrogen-bond donors (Lipinski definition) is 1. The number of H-pyrrole nitrogens is 1. The molecule has 1 heterocycles. The Kier molecular flexibility index (Phi) is 2.56. The number of rotatable bonds is 0. The average Bonchev–Trinajstić information content (AvgIpc) is 2.91. The summed E-state index contributed by atoms with van der Waals surface area (Å²) in [4.78, 5) is 3.06. The van der Waals surface area contributed by atoms with E-state index in [1.807, 2.05) is 24.3 Å². The van der Waals surface area contributed by atoms with E-state index in [9.17, 15) is 10.5 Å². The number of hydrogen-bond acceptors (Lipinski definition) is 4. The number of nitriles is 4. The zero-order chi connectivity index (χ0) is 15.0. The maximum absolute atomic E-state index is 9.21. The fourth-order valence-corrected chi connectivity index (χ4v) is 2.41. The highest BCUT2D eigenvalue weighted by Gasteiger charge is 2.14. The zero-order valence-electron chi connectivity index (χ0n) is 10.6. The van der Waals surface area contributed by atoms with E-state index >= 15 is 0 Å². The Morgan fingerprint density at radius 2 is 1.05 bits per heavy atom. The number of benzene rings is 2. The Bertz CT molecular complexity index is 989. The molecule has 0 fully saturated rings. The molecule has 3 rings (SSSR count). The third-order valence-corrected chi connectivity index (χ3v) is 3.32. The van der Waals surface area contributed by atoms with Crippen molar-refractivity contribution >= 4 is 21.8 Å². The highest BCUT2D eigenvalue weighted by Crippen LogP contribution is 2.31. The predicted molar refractivity (Wildman–Crippen MR) is 74.7 cm³/mol. The molecule has 0 radical (unpaired) electrons. The number of nitrogens with one attached hydrogen (secondary N) is 1. The molecular weight excluding hydrogens is 262 g/mol. The summed E-state index contributed by atoms with van der Waals surface area (Å²) < 4.78 is 0. The molecule has 2 aromatic carbocycles. The van der Waals surface area contributed by atoms with Crippen LogP contribution in [0.4, 0.5) is 0 Å². The quantitative estimate of drug-likeness (QED) is 0.674. The molecule has 0 aliphatic carbocycles. The van der Waals surface area contributed by atoms with E-state index in [1.165, 1.54) is 12.1 Å². The first-order valence-corrected chi connectivity index (χ1v) is 5.95. The van der Waals surface area contributed by atoms with Crippen LogP contribution < -0.4 is 0 Å². The lowest BCUT2D eigenvalue weighted by Gasteiger charge is -1.96. The molecule has 94 valence electrons. The molecule has 21 heavy (non-hydrogen) atoms. The Balaban J connectivity index is 2.61. The third kappa shape index (κ3) is 1.67. The third-order valence-electron chi connectivity index (χ3n) is 3.32. The highest BCUT2D eigenvalue weighted by atomic mass is 14.7. The molecular formula is C16H5N5. The molecule has 0 aliphatic heterocycles. The van der Waals surface area contributed by atoms with E-state index in [0.717, 1.165) is 0 Å². The fourth-order valence-electron chi connectivity index (χ4n) is 2.41. The summed E-state index contributed by atoms with van der Waals surface area (Å²) in [5.74, 6) is 0. The Labute approximate surface area is 119 Å². The second kappa shape index (κ2) is 4.39. The molecule has 0 saturated carbocycles. The van der Waals surface area contributed by atoms with Crippen molar-refractivity contribution in [2.45, 2.75) is 0 Å². The van der Waals surface area contributed by atoms with Crippen LogP contribution in [-0.4, -0.2) is 4.98 Å². The number of fused-ring (bicyclic) bond motifs is 3. The molecule has 1 N–H and O–H groups in total. The summed E-state index contributed by atoms with van der Waals surface area (Å²) >= 11 is 0. The molecule has 0 saturated heterocycles. The van der Waals surface area contributed by atoms with Crippen molar-refractivity contribution < 1.29 is 0 Å². The van der Waals surface area contributed by atoms with Gasteiger partial charge < -0.3 is 4.98 Å². The van der Waals surface area contributed by atoms with Crippen LogP contribution in [0.5, 0.6) is 0 Å². The van der Waals surface area contributed by atoms with Gasteiger partial charge in [0.2, 0.25) is 0 Å². The van der Waals surface area contributed by atoms with E-state index in [0.29, 0.717) is 44.1 Å². The van der Waals surface area contributed by atoms with Gasteiger partial charge in [0.25, 0.3) is 0 Å². The predicted octanol–water partition coefficient (Wildman–Crippen LogP) is 2.81. The van der Waals surface area contributed by atoms with Crippen LogP contribution in [0, 0.1) is 45.3 Å². The number of aromatic amines is 1. The maximum Gasteiger partial charge on any atom is 0.101 e. The van der Waals surface area contributed by atoms with Crippen LogP contribution in [0.15, 0.2) is 24.3 Å². The van der Waals surface area contributed by atoms with Gasteiger partial charge in [-0.3, -0.25) is 0 Å².